The molecule has 0 unspecified atom stereocenters. The van der Waals surface area contributed by atoms with Crippen molar-refractivity contribution in [2.45, 2.75) is 0 Å². The zero-order chi connectivity index (χ0) is 23.7. The number of hydrogen-bond acceptors (Lipinski definition) is 5. The van der Waals surface area contributed by atoms with Crippen LogP contribution in [-0.2, 0) is 0 Å². The van der Waals surface area contributed by atoms with Gasteiger partial charge < -0.3 is 44.5 Å². The normalized spacial score (nSPS) is 11.6. The number of nitrogens with zero attached hydrogens (tertiary/aromatic N) is 4. The van der Waals surface area contributed by atoms with Gasteiger partial charge in [-0.2, -0.15) is 0 Å². The smallest absolute Gasteiger partial charge is 0.101 e. The summed E-state index contributed by atoms with van der Waals surface area (Å²) in [5, 5.41) is 33.5. The van der Waals surface area contributed by atoms with Crippen molar-refractivity contribution in [2.75, 3.05) is 137 Å². The third-order valence-electron chi connectivity index (χ3n) is 3.08. The first-order valence-corrected chi connectivity index (χ1v) is 9.90. The molecule has 0 aliphatic rings. The Morgan fingerprint density at radius 3 is 0.448 bits per heavy atom. The standard InChI is InChI=1S/4C5H14NO.H3N/c4*1-6(2,3)4-5-7;/h4*7H,4-5H2,1-3H3;1H3/q4*+1;. The van der Waals surface area contributed by atoms with Crippen molar-refractivity contribution in [3.8, 4) is 0 Å². The zero-order valence-corrected chi connectivity index (χ0v) is 21.9. The van der Waals surface area contributed by atoms with E-state index < -0.39 is 0 Å². The van der Waals surface area contributed by atoms with E-state index in [0.29, 0.717) is 0 Å². The summed E-state index contributed by atoms with van der Waals surface area (Å²) in [6, 6.07) is 0. The number of aliphatic hydroxyl groups excluding tert-OH is 4. The lowest BCUT2D eigenvalue weighted by molar-refractivity contribution is -0.870. The molecule has 0 saturated heterocycles. The summed E-state index contributed by atoms with van der Waals surface area (Å²) in [4.78, 5) is 0. The molecule has 9 heteroatoms. The molecule has 0 aromatic carbocycles. The minimum absolute atomic E-state index is 0. The van der Waals surface area contributed by atoms with Crippen LogP contribution in [0.1, 0.15) is 0 Å². The van der Waals surface area contributed by atoms with Crippen molar-refractivity contribution in [1.29, 1.82) is 0 Å². The van der Waals surface area contributed by atoms with Crippen LogP contribution in [-0.4, -0.2) is 176 Å². The van der Waals surface area contributed by atoms with Crippen LogP contribution >= 0.6 is 0 Å². The maximum absolute atomic E-state index is 8.39. The molecule has 0 aromatic heterocycles. The molecule has 0 rings (SSSR count). The quantitative estimate of drug-likeness (QED) is 0.312. The van der Waals surface area contributed by atoms with Crippen molar-refractivity contribution < 1.29 is 38.4 Å². The second kappa shape index (κ2) is 19.6. The molecule has 29 heavy (non-hydrogen) atoms. The Bertz CT molecular complexity index is 253. The van der Waals surface area contributed by atoms with Gasteiger partial charge in [-0.15, -0.1) is 0 Å². The van der Waals surface area contributed by atoms with Gasteiger partial charge in [0.15, 0.2) is 0 Å². The lowest BCUT2D eigenvalue weighted by atomic mass is 10.5. The minimum atomic E-state index is 0. The Labute approximate surface area is 182 Å². The van der Waals surface area contributed by atoms with Crippen LogP contribution in [0.3, 0.4) is 0 Å². The van der Waals surface area contributed by atoms with E-state index in [1.807, 2.05) is 0 Å². The van der Waals surface area contributed by atoms with Gasteiger partial charge in [0.1, 0.15) is 26.2 Å². The number of likely N-dealkylation sites (N-methyl/N-ethyl adjacent to an activating group) is 4. The van der Waals surface area contributed by atoms with Crippen LogP contribution in [0.25, 0.3) is 0 Å². The van der Waals surface area contributed by atoms with E-state index in [4.69, 9.17) is 20.4 Å². The van der Waals surface area contributed by atoms with Gasteiger partial charge in [0.05, 0.1) is 111 Å². The van der Waals surface area contributed by atoms with E-state index in [0.717, 1.165) is 44.1 Å². The first-order chi connectivity index (χ1) is 12.2. The summed E-state index contributed by atoms with van der Waals surface area (Å²) in [6.45, 7) is 4.46. The van der Waals surface area contributed by atoms with Gasteiger partial charge in [-0.1, -0.05) is 0 Å². The maximum atomic E-state index is 8.39. The van der Waals surface area contributed by atoms with Gasteiger partial charge in [-0.05, 0) is 0 Å². The van der Waals surface area contributed by atoms with Gasteiger partial charge in [0.25, 0.3) is 0 Å². The first-order valence-electron chi connectivity index (χ1n) is 9.90. The fraction of sp³-hybridized carbons (Fsp3) is 1.00. The minimum Gasteiger partial charge on any atom is -0.391 e. The molecule has 0 atom stereocenters. The SMILES string of the molecule is C[N+](C)(C)CCO.C[N+](C)(C)CCO.C[N+](C)(C)CCO.C[N+](C)(C)CCO.N. The summed E-state index contributed by atoms with van der Waals surface area (Å²) in [5.74, 6) is 0. The topological polar surface area (TPSA) is 116 Å². The van der Waals surface area contributed by atoms with Gasteiger partial charge in [0, 0.05) is 0 Å². The third-order valence-corrected chi connectivity index (χ3v) is 3.08. The highest BCUT2D eigenvalue weighted by Crippen LogP contribution is 1.86. The first kappa shape index (κ1) is 39.2. The molecule has 9 nitrogen and oxygen atoms in total. The average molecular weight is 434 g/mol. The molecule has 0 bridgehead atoms. The molecule has 184 valence electrons. The van der Waals surface area contributed by atoms with Gasteiger partial charge >= 0.3 is 0 Å². The number of hydrogen-bond donors (Lipinski definition) is 5. The molecular weight excluding hydrogens is 374 g/mol. The highest BCUT2D eigenvalue weighted by molar-refractivity contribution is 4.20. The van der Waals surface area contributed by atoms with Crippen LogP contribution in [0.15, 0.2) is 0 Å². The molecule has 0 aliphatic carbocycles. The Morgan fingerprint density at radius 2 is 0.448 bits per heavy atom. The van der Waals surface area contributed by atoms with E-state index in [9.17, 15) is 0 Å². The second-order valence-electron chi connectivity index (χ2n) is 11.0. The molecule has 0 aliphatic heterocycles. The summed E-state index contributed by atoms with van der Waals surface area (Å²) in [6.07, 6.45) is 0. The van der Waals surface area contributed by atoms with E-state index in [-0.39, 0.29) is 32.6 Å². The van der Waals surface area contributed by atoms with Gasteiger partial charge in [0.2, 0.25) is 0 Å². The van der Waals surface area contributed by atoms with Gasteiger partial charge in [-0.3, -0.25) is 0 Å². The molecule has 0 heterocycles. The van der Waals surface area contributed by atoms with Crippen molar-refractivity contribution in [3.05, 3.63) is 0 Å². The number of quaternary nitrogens is 4. The Morgan fingerprint density at radius 1 is 0.345 bits per heavy atom. The van der Waals surface area contributed by atoms with Crippen LogP contribution < -0.4 is 6.15 Å². The Kier molecular flexibility index (Phi) is 26.5. The molecule has 0 aromatic rings. The fourth-order valence-corrected chi connectivity index (χ4v) is 1.20. The molecule has 0 fully saturated rings. The van der Waals surface area contributed by atoms with Crippen molar-refractivity contribution in [1.82, 2.24) is 6.15 Å². The Balaban J connectivity index is -0.0000000873. The predicted molar refractivity (Wildman–Crippen MR) is 125 cm³/mol. The highest BCUT2D eigenvalue weighted by Gasteiger charge is 2.04. The lowest BCUT2D eigenvalue weighted by Crippen LogP contribution is -2.36. The molecule has 0 radical (unpaired) electrons. The molecule has 0 spiro atoms. The van der Waals surface area contributed by atoms with Crippen LogP contribution in [0.5, 0.6) is 0 Å². The lowest BCUT2D eigenvalue weighted by Gasteiger charge is -2.21. The number of aliphatic hydroxyl groups is 4. The summed E-state index contributed by atoms with van der Waals surface area (Å²) < 4.78 is 3.38. The van der Waals surface area contributed by atoms with E-state index >= 15 is 0 Å². The predicted octanol–water partition coefficient (Wildman–Crippen LogP) is -1.10. The second-order valence-corrected chi connectivity index (χ2v) is 11.0. The summed E-state index contributed by atoms with van der Waals surface area (Å²) in [7, 11) is 24.6. The van der Waals surface area contributed by atoms with Crippen LogP contribution in [0, 0.1) is 0 Å². The van der Waals surface area contributed by atoms with Crippen molar-refractivity contribution in [2.24, 2.45) is 0 Å². The largest absolute Gasteiger partial charge is 0.391 e. The molecule has 0 amide bonds. The van der Waals surface area contributed by atoms with Crippen molar-refractivity contribution in [3.63, 3.8) is 0 Å². The third kappa shape index (κ3) is 74.3. The molecule has 7 N–H and O–H groups in total. The highest BCUT2D eigenvalue weighted by atomic mass is 16.3. The van der Waals surface area contributed by atoms with Crippen molar-refractivity contribution >= 4 is 0 Å². The van der Waals surface area contributed by atoms with E-state index in [2.05, 4.69) is 84.6 Å². The summed E-state index contributed by atoms with van der Waals surface area (Å²) in [5.41, 5.74) is 0. The zero-order valence-electron chi connectivity index (χ0n) is 21.9. The van der Waals surface area contributed by atoms with Crippen LogP contribution in [0.4, 0.5) is 0 Å². The average Bonchev–Trinajstić information content (AvgIpc) is 2.34. The monoisotopic (exact) mass is 433 g/mol. The van der Waals surface area contributed by atoms with Crippen LogP contribution in [0.2, 0.25) is 0 Å². The van der Waals surface area contributed by atoms with E-state index in [1.54, 1.807) is 0 Å². The number of rotatable bonds is 8. The summed E-state index contributed by atoms with van der Waals surface area (Å²) >= 11 is 0. The maximum Gasteiger partial charge on any atom is 0.101 e. The molecular formula is C20H59N5O4+4. The fourth-order valence-electron chi connectivity index (χ4n) is 1.20. The van der Waals surface area contributed by atoms with Gasteiger partial charge in [-0.25, -0.2) is 0 Å². The molecule has 0 saturated carbocycles. The van der Waals surface area contributed by atoms with E-state index in [1.165, 1.54) is 0 Å². The Hall–Kier alpha value is -0.360.